The largest absolute Gasteiger partial charge is 0.502 e. The van der Waals surface area contributed by atoms with Crippen LogP contribution in [0.2, 0.25) is 0 Å². The predicted molar refractivity (Wildman–Crippen MR) is 78.9 cm³/mol. The summed E-state index contributed by atoms with van der Waals surface area (Å²) in [5, 5.41) is 18.7. The number of fused-ring (bicyclic) bond motifs is 1. The maximum atomic E-state index is 10.5. The molecule has 2 rings (SSSR count). The molecule has 0 aliphatic carbocycles. The predicted octanol–water partition coefficient (Wildman–Crippen LogP) is 2.67. The number of aliphatic hydroxyl groups excluding tert-OH is 1. The summed E-state index contributed by atoms with van der Waals surface area (Å²) < 4.78 is 6.74. The molecule has 5 heteroatoms. The van der Waals surface area contributed by atoms with Crippen LogP contribution in [0.4, 0.5) is 0 Å². The fraction of sp³-hybridized carbons (Fsp3) is 0.467. The van der Waals surface area contributed by atoms with Crippen molar-refractivity contribution in [2.45, 2.75) is 33.3 Å². The van der Waals surface area contributed by atoms with Crippen LogP contribution in [-0.4, -0.2) is 33.3 Å². The molecule has 0 aliphatic rings. The van der Waals surface area contributed by atoms with Gasteiger partial charge in [0.1, 0.15) is 17.5 Å². The highest BCUT2D eigenvalue weighted by atomic mass is 16.5. The Hall–Kier alpha value is -1.88. The third-order valence-corrected chi connectivity index (χ3v) is 2.98. The summed E-state index contributed by atoms with van der Waals surface area (Å²) >= 11 is 0. The van der Waals surface area contributed by atoms with Crippen LogP contribution >= 0.6 is 0 Å². The summed E-state index contributed by atoms with van der Waals surface area (Å²) in [6.07, 6.45) is 1.47. The third kappa shape index (κ3) is 3.17. The molecule has 0 saturated carbocycles. The molecule has 1 unspecified atom stereocenters. The minimum Gasteiger partial charge on any atom is -0.502 e. The van der Waals surface area contributed by atoms with Gasteiger partial charge < -0.3 is 9.84 Å². The zero-order valence-corrected chi connectivity index (χ0v) is 12.4. The van der Waals surface area contributed by atoms with Gasteiger partial charge in [-0.1, -0.05) is 38.1 Å². The van der Waals surface area contributed by atoms with E-state index in [2.05, 4.69) is 31.1 Å². The lowest BCUT2D eigenvalue weighted by atomic mass is 9.88. The number of methoxy groups -OCH3 is 1. The van der Waals surface area contributed by atoms with Crippen molar-refractivity contribution in [3.8, 4) is 0 Å². The van der Waals surface area contributed by atoms with Crippen LogP contribution in [0.1, 0.15) is 27.2 Å². The second kappa shape index (κ2) is 5.63. The summed E-state index contributed by atoms with van der Waals surface area (Å²) in [6, 6.07) is 7.64. The average molecular weight is 275 g/mol. The molecule has 1 aromatic carbocycles. The van der Waals surface area contributed by atoms with E-state index in [0.717, 1.165) is 11.0 Å². The first-order valence-corrected chi connectivity index (χ1v) is 6.64. The fourth-order valence-corrected chi connectivity index (χ4v) is 2.13. The molecule has 0 aliphatic heterocycles. The number of nitrogens with zero attached hydrogens (tertiary/aromatic N) is 3. The van der Waals surface area contributed by atoms with E-state index in [9.17, 15) is 5.11 Å². The lowest BCUT2D eigenvalue weighted by Crippen LogP contribution is -2.22. The van der Waals surface area contributed by atoms with Crippen molar-refractivity contribution in [3.05, 3.63) is 30.5 Å². The van der Waals surface area contributed by atoms with Gasteiger partial charge in [-0.2, -0.15) is 0 Å². The molecule has 2 aromatic rings. The van der Waals surface area contributed by atoms with Gasteiger partial charge in [-0.15, -0.1) is 5.10 Å². The van der Waals surface area contributed by atoms with Crippen LogP contribution in [0, 0.1) is 5.41 Å². The van der Waals surface area contributed by atoms with Gasteiger partial charge >= 0.3 is 0 Å². The monoisotopic (exact) mass is 275 g/mol. The Kier molecular flexibility index (Phi) is 4.09. The molecule has 0 radical (unpaired) electrons. The maximum Gasteiger partial charge on any atom is 0.113 e. The van der Waals surface area contributed by atoms with Crippen LogP contribution in [0.25, 0.3) is 16.7 Å². The van der Waals surface area contributed by atoms with E-state index >= 15 is 0 Å². The number of aliphatic hydroxyl groups is 1. The number of para-hydroxylation sites is 1. The van der Waals surface area contributed by atoms with Gasteiger partial charge in [-0.3, -0.25) is 0 Å². The number of hydrogen-bond acceptors (Lipinski definition) is 4. The molecule has 1 N–H and O–H groups in total. The van der Waals surface area contributed by atoms with Gasteiger partial charge in [0.15, 0.2) is 0 Å². The smallest absolute Gasteiger partial charge is 0.113 e. The normalized spacial score (nSPS) is 14.6. The second-order valence-electron chi connectivity index (χ2n) is 6.05. The summed E-state index contributed by atoms with van der Waals surface area (Å²) in [5.74, 6) is 0. The van der Waals surface area contributed by atoms with E-state index in [4.69, 9.17) is 4.74 Å². The first kappa shape index (κ1) is 14.5. The lowest BCUT2D eigenvalue weighted by molar-refractivity contribution is 0.161. The fourth-order valence-electron chi connectivity index (χ4n) is 2.13. The highest BCUT2D eigenvalue weighted by molar-refractivity contribution is 5.77. The van der Waals surface area contributed by atoms with Crippen molar-refractivity contribution in [3.63, 3.8) is 0 Å². The van der Waals surface area contributed by atoms with Gasteiger partial charge in [0, 0.05) is 0 Å². The van der Waals surface area contributed by atoms with Crippen LogP contribution < -0.4 is 0 Å². The minimum atomic E-state index is -0.667. The molecule has 0 amide bonds. The van der Waals surface area contributed by atoms with Crippen molar-refractivity contribution in [1.29, 1.82) is 0 Å². The molecule has 1 aromatic heterocycles. The average Bonchev–Trinajstić information content (AvgIpc) is 2.77. The zero-order valence-electron chi connectivity index (χ0n) is 12.4. The van der Waals surface area contributed by atoms with Crippen molar-refractivity contribution in [1.82, 2.24) is 15.0 Å². The van der Waals surface area contributed by atoms with Crippen molar-refractivity contribution >= 4 is 16.7 Å². The van der Waals surface area contributed by atoms with E-state index in [1.165, 1.54) is 6.26 Å². The summed E-state index contributed by atoms with van der Waals surface area (Å²) in [5.41, 5.74) is 2.24. The van der Waals surface area contributed by atoms with Gasteiger partial charge in [0.05, 0.1) is 18.7 Å². The molecule has 0 fully saturated rings. The van der Waals surface area contributed by atoms with Gasteiger partial charge in [-0.25, -0.2) is 4.68 Å². The Morgan fingerprint density at radius 2 is 2.10 bits per heavy atom. The maximum absolute atomic E-state index is 10.5. The zero-order chi connectivity index (χ0) is 14.8. The Morgan fingerprint density at radius 3 is 2.75 bits per heavy atom. The second-order valence-corrected chi connectivity index (χ2v) is 6.05. The highest BCUT2D eigenvalue weighted by Crippen LogP contribution is 2.27. The standard InChI is InChI=1S/C15H21N3O2/c1-15(2,3)9-14(19)13(10-20-4)18-12-8-6-5-7-11(12)16-17-18/h5-8,10,14,19H,9H2,1-4H3. The molecular formula is C15H21N3O2. The Bertz CT molecular complexity index is 611. The lowest BCUT2D eigenvalue weighted by Gasteiger charge is -2.23. The Labute approximate surface area is 118 Å². The van der Waals surface area contributed by atoms with Crippen LogP contribution in [0.5, 0.6) is 0 Å². The van der Waals surface area contributed by atoms with E-state index < -0.39 is 6.10 Å². The van der Waals surface area contributed by atoms with Gasteiger partial charge in [0.2, 0.25) is 0 Å². The van der Waals surface area contributed by atoms with Gasteiger partial charge in [0.25, 0.3) is 0 Å². The number of benzene rings is 1. The van der Waals surface area contributed by atoms with Gasteiger partial charge in [-0.05, 0) is 24.0 Å². The third-order valence-electron chi connectivity index (χ3n) is 2.98. The first-order chi connectivity index (χ1) is 9.42. The van der Waals surface area contributed by atoms with E-state index in [-0.39, 0.29) is 5.41 Å². The SMILES string of the molecule is COC=C(C(O)CC(C)(C)C)n1nnc2ccccc21. The Balaban J connectivity index is 2.41. The molecule has 0 bridgehead atoms. The van der Waals surface area contributed by atoms with E-state index in [0.29, 0.717) is 12.1 Å². The van der Waals surface area contributed by atoms with E-state index in [1.54, 1.807) is 11.8 Å². The van der Waals surface area contributed by atoms with Crippen molar-refractivity contribution in [2.24, 2.45) is 5.41 Å². The summed E-state index contributed by atoms with van der Waals surface area (Å²) in [4.78, 5) is 0. The van der Waals surface area contributed by atoms with E-state index in [1.807, 2.05) is 24.3 Å². The summed E-state index contributed by atoms with van der Waals surface area (Å²) in [7, 11) is 1.56. The molecule has 5 nitrogen and oxygen atoms in total. The summed E-state index contributed by atoms with van der Waals surface area (Å²) in [6.45, 7) is 6.25. The van der Waals surface area contributed by atoms with Crippen molar-refractivity contribution < 1.29 is 9.84 Å². The molecular weight excluding hydrogens is 254 g/mol. The number of aromatic nitrogens is 3. The van der Waals surface area contributed by atoms with Crippen molar-refractivity contribution in [2.75, 3.05) is 7.11 Å². The number of ether oxygens (including phenoxy) is 1. The molecule has 0 saturated heterocycles. The number of rotatable bonds is 4. The molecule has 1 atom stereocenters. The topological polar surface area (TPSA) is 60.2 Å². The Morgan fingerprint density at radius 1 is 1.40 bits per heavy atom. The molecule has 1 heterocycles. The minimum absolute atomic E-state index is 0.00261. The first-order valence-electron chi connectivity index (χ1n) is 6.64. The van der Waals surface area contributed by atoms with Crippen LogP contribution in [0.3, 0.4) is 0 Å². The molecule has 108 valence electrons. The number of hydrogen-bond donors (Lipinski definition) is 1. The highest BCUT2D eigenvalue weighted by Gasteiger charge is 2.23. The molecule has 0 spiro atoms. The quantitative estimate of drug-likeness (QED) is 0.871. The van der Waals surface area contributed by atoms with Crippen LogP contribution in [-0.2, 0) is 4.74 Å². The van der Waals surface area contributed by atoms with Crippen LogP contribution in [0.15, 0.2) is 30.5 Å². The molecule has 20 heavy (non-hydrogen) atoms.